The highest BCUT2D eigenvalue weighted by Gasteiger charge is 2.41. The molecular formula is C13H25N3O2. The average molecular weight is 255 g/mol. The Morgan fingerprint density at radius 2 is 1.94 bits per heavy atom. The molecule has 0 bridgehead atoms. The molecule has 1 saturated carbocycles. The molecule has 18 heavy (non-hydrogen) atoms. The Morgan fingerprint density at radius 3 is 2.44 bits per heavy atom. The van der Waals surface area contributed by atoms with E-state index in [1.165, 1.54) is 4.90 Å². The minimum atomic E-state index is -0.417. The van der Waals surface area contributed by atoms with Crippen LogP contribution in [0.4, 0.5) is 0 Å². The Bertz CT molecular complexity index is 299. The van der Waals surface area contributed by atoms with Crippen molar-refractivity contribution in [3.63, 3.8) is 0 Å². The van der Waals surface area contributed by atoms with Gasteiger partial charge < -0.3 is 16.0 Å². The third-order valence-electron chi connectivity index (χ3n) is 3.70. The van der Waals surface area contributed by atoms with Crippen LogP contribution in [-0.4, -0.2) is 43.4 Å². The molecule has 0 atom stereocenters. The molecule has 1 aliphatic rings. The Kier molecular flexibility index (Phi) is 5.59. The van der Waals surface area contributed by atoms with Crippen LogP contribution < -0.4 is 11.1 Å². The van der Waals surface area contributed by atoms with Crippen molar-refractivity contribution in [2.75, 3.05) is 26.7 Å². The second-order valence-corrected chi connectivity index (χ2v) is 5.20. The molecule has 0 aromatic carbocycles. The van der Waals surface area contributed by atoms with Crippen LogP contribution in [0.3, 0.4) is 0 Å². The fourth-order valence-corrected chi connectivity index (χ4v) is 2.57. The number of rotatable bonds is 6. The molecule has 0 saturated heterocycles. The zero-order valence-electron chi connectivity index (χ0n) is 11.5. The first-order valence-electron chi connectivity index (χ1n) is 6.78. The highest BCUT2D eigenvalue weighted by atomic mass is 16.2. The summed E-state index contributed by atoms with van der Waals surface area (Å²) in [5.74, 6) is -0.0768. The molecule has 1 rings (SSSR count). The van der Waals surface area contributed by atoms with E-state index in [0.717, 1.165) is 32.1 Å². The molecule has 0 unspecified atom stereocenters. The zero-order valence-corrected chi connectivity index (χ0v) is 11.5. The average Bonchev–Trinajstić information content (AvgIpc) is 2.85. The van der Waals surface area contributed by atoms with Crippen molar-refractivity contribution in [2.45, 2.75) is 39.0 Å². The first kappa shape index (κ1) is 15.0. The van der Waals surface area contributed by atoms with Crippen molar-refractivity contribution < 1.29 is 9.59 Å². The van der Waals surface area contributed by atoms with Crippen molar-refractivity contribution in [3.8, 4) is 0 Å². The smallest absolute Gasteiger partial charge is 0.239 e. The predicted molar refractivity (Wildman–Crippen MR) is 70.9 cm³/mol. The molecule has 1 aliphatic carbocycles. The number of amides is 2. The van der Waals surface area contributed by atoms with Gasteiger partial charge in [0.1, 0.15) is 0 Å². The van der Waals surface area contributed by atoms with Gasteiger partial charge in [-0.15, -0.1) is 0 Å². The molecule has 5 nitrogen and oxygen atoms in total. The van der Waals surface area contributed by atoms with Crippen molar-refractivity contribution in [3.05, 3.63) is 0 Å². The van der Waals surface area contributed by atoms with Crippen LogP contribution in [0, 0.1) is 5.41 Å². The standard InChI is InChI=1S/C13H25N3O2/c1-3-8-15-11(17)9-16(2)12(18)13(10-14)6-4-5-7-13/h3-10,14H2,1-2H3,(H,15,17). The number of carbonyl (C=O) groups is 2. The van der Waals surface area contributed by atoms with Gasteiger partial charge in [0.05, 0.1) is 12.0 Å². The summed E-state index contributed by atoms with van der Waals surface area (Å²) < 4.78 is 0. The van der Waals surface area contributed by atoms with E-state index in [4.69, 9.17) is 5.73 Å². The number of hydrogen-bond acceptors (Lipinski definition) is 3. The maximum absolute atomic E-state index is 12.4. The van der Waals surface area contributed by atoms with E-state index >= 15 is 0 Å². The highest BCUT2D eigenvalue weighted by molar-refractivity contribution is 5.88. The Balaban J connectivity index is 2.52. The van der Waals surface area contributed by atoms with Crippen molar-refractivity contribution in [1.29, 1.82) is 0 Å². The Labute approximate surface area is 109 Å². The summed E-state index contributed by atoms with van der Waals surface area (Å²) in [4.78, 5) is 25.5. The van der Waals surface area contributed by atoms with Crippen LogP contribution in [0.1, 0.15) is 39.0 Å². The van der Waals surface area contributed by atoms with Gasteiger partial charge in [0.15, 0.2) is 0 Å². The molecule has 2 amide bonds. The van der Waals surface area contributed by atoms with Crippen molar-refractivity contribution in [2.24, 2.45) is 11.1 Å². The van der Waals surface area contributed by atoms with Gasteiger partial charge in [-0.25, -0.2) is 0 Å². The summed E-state index contributed by atoms with van der Waals surface area (Å²) in [5, 5.41) is 2.78. The SMILES string of the molecule is CCCNC(=O)CN(C)C(=O)C1(CN)CCCC1. The van der Waals surface area contributed by atoms with Gasteiger partial charge in [0.25, 0.3) is 0 Å². The summed E-state index contributed by atoms with van der Waals surface area (Å²) in [6.45, 7) is 3.16. The van der Waals surface area contributed by atoms with E-state index in [-0.39, 0.29) is 18.4 Å². The summed E-state index contributed by atoms with van der Waals surface area (Å²) >= 11 is 0. The number of nitrogens with two attached hydrogens (primary N) is 1. The molecule has 0 aliphatic heterocycles. The third kappa shape index (κ3) is 3.45. The van der Waals surface area contributed by atoms with Gasteiger partial charge >= 0.3 is 0 Å². The molecule has 0 aromatic heterocycles. The molecule has 1 fully saturated rings. The number of hydrogen-bond donors (Lipinski definition) is 2. The van der Waals surface area contributed by atoms with Gasteiger partial charge in [-0.1, -0.05) is 19.8 Å². The number of nitrogens with one attached hydrogen (secondary N) is 1. The highest BCUT2D eigenvalue weighted by Crippen LogP contribution is 2.38. The van der Waals surface area contributed by atoms with E-state index < -0.39 is 5.41 Å². The van der Waals surface area contributed by atoms with Gasteiger partial charge in [-0.05, 0) is 19.3 Å². The minimum absolute atomic E-state index is 0.0224. The Hall–Kier alpha value is -1.10. The largest absolute Gasteiger partial charge is 0.355 e. The number of likely N-dealkylation sites (N-methyl/N-ethyl adjacent to an activating group) is 1. The zero-order chi connectivity index (χ0) is 13.6. The maximum Gasteiger partial charge on any atom is 0.239 e. The van der Waals surface area contributed by atoms with Crippen LogP contribution in [-0.2, 0) is 9.59 Å². The topological polar surface area (TPSA) is 75.4 Å². The summed E-state index contributed by atoms with van der Waals surface area (Å²) in [7, 11) is 1.68. The van der Waals surface area contributed by atoms with E-state index in [9.17, 15) is 9.59 Å². The van der Waals surface area contributed by atoms with E-state index in [1.807, 2.05) is 6.92 Å². The molecule has 5 heteroatoms. The van der Waals surface area contributed by atoms with E-state index in [0.29, 0.717) is 13.1 Å². The fraction of sp³-hybridized carbons (Fsp3) is 0.846. The van der Waals surface area contributed by atoms with Crippen LogP contribution in [0.15, 0.2) is 0 Å². The minimum Gasteiger partial charge on any atom is -0.355 e. The summed E-state index contributed by atoms with van der Waals surface area (Å²) in [5.41, 5.74) is 5.35. The molecule has 3 N–H and O–H groups in total. The lowest BCUT2D eigenvalue weighted by molar-refractivity contribution is -0.142. The number of nitrogens with zero attached hydrogens (tertiary/aromatic N) is 1. The van der Waals surface area contributed by atoms with Crippen LogP contribution in [0.2, 0.25) is 0 Å². The fourth-order valence-electron chi connectivity index (χ4n) is 2.57. The summed E-state index contributed by atoms with van der Waals surface area (Å²) in [6, 6.07) is 0. The lowest BCUT2D eigenvalue weighted by atomic mass is 9.85. The van der Waals surface area contributed by atoms with Crippen LogP contribution in [0.5, 0.6) is 0 Å². The first-order chi connectivity index (χ1) is 8.55. The molecular weight excluding hydrogens is 230 g/mol. The number of carbonyl (C=O) groups excluding carboxylic acids is 2. The van der Waals surface area contributed by atoms with Gasteiger partial charge in [-0.2, -0.15) is 0 Å². The molecule has 0 radical (unpaired) electrons. The molecule has 0 aromatic rings. The Morgan fingerprint density at radius 1 is 1.33 bits per heavy atom. The molecule has 0 spiro atoms. The molecule has 0 heterocycles. The predicted octanol–water partition coefficient (Wildman–Crippen LogP) is 0.490. The normalized spacial score (nSPS) is 17.5. The lowest BCUT2D eigenvalue weighted by Crippen LogP contribution is -2.48. The first-order valence-corrected chi connectivity index (χ1v) is 6.78. The third-order valence-corrected chi connectivity index (χ3v) is 3.70. The van der Waals surface area contributed by atoms with Crippen LogP contribution >= 0.6 is 0 Å². The quantitative estimate of drug-likeness (QED) is 0.725. The monoisotopic (exact) mass is 255 g/mol. The van der Waals surface area contributed by atoms with Gasteiger partial charge in [0, 0.05) is 20.1 Å². The summed E-state index contributed by atoms with van der Waals surface area (Å²) in [6.07, 6.45) is 4.71. The van der Waals surface area contributed by atoms with Crippen LogP contribution in [0.25, 0.3) is 0 Å². The van der Waals surface area contributed by atoms with Gasteiger partial charge in [-0.3, -0.25) is 9.59 Å². The van der Waals surface area contributed by atoms with E-state index in [1.54, 1.807) is 7.05 Å². The van der Waals surface area contributed by atoms with Crippen molar-refractivity contribution >= 4 is 11.8 Å². The lowest BCUT2D eigenvalue weighted by Gasteiger charge is -2.30. The second-order valence-electron chi connectivity index (χ2n) is 5.20. The van der Waals surface area contributed by atoms with E-state index in [2.05, 4.69) is 5.32 Å². The van der Waals surface area contributed by atoms with Crippen molar-refractivity contribution in [1.82, 2.24) is 10.2 Å². The molecule has 104 valence electrons. The van der Waals surface area contributed by atoms with Gasteiger partial charge in [0.2, 0.25) is 11.8 Å². The maximum atomic E-state index is 12.4. The second kappa shape index (κ2) is 6.73.